The molecule has 6 aromatic rings. The van der Waals surface area contributed by atoms with Crippen molar-refractivity contribution in [1.29, 1.82) is 0 Å². The molecule has 0 radical (unpaired) electrons. The number of carbonyl (C=O) groups excluding carboxylic acids is 2. The fourth-order valence-electron chi connectivity index (χ4n) is 8.60. The highest BCUT2D eigenvalue weighted by molar-refractivity contribution is 6.18. The van der Waals surface area contributed by atoms with Crippen molar-refractivity contribution in [3.05, 3.63) is 192 Å². The molecule has 3 aliphatic rings. The number of aliphatic hydroxyl groups is 1. The molecule has 0 bridgehead atoms. The van der Waals surface area contributed by atoms with E-state index in [9.17, 15) is 23.5 Å². The fourth-order valence-corrected chi connectivity index (χ4v) is 8.69. The summed E-state index contributed by atoms with van der Waals surface area (Å²) in [5, 5.41) is 12.3. The molecule has 73 heavy (non-hydrogen) atoms. The Labute approximate surface area is 432 Å². The Hall–Kier alpha value is -6.59. The van der Waals surface area contributed by atoms with Gasteiger partial charge in [0, 0.05) is 70.5 Å². The monoisotopic (exact) mass is 1020 g/mol. The third-order valence-electron chi connectivity index (χ3n) is 12.2. The average molecular weight is 1020 g/mol. The number of alkyl halides is 1. The smallest absolute Gasteiger partial charge is 0.414 e. The molecule has 3 fully saturated rings. The van der Waals surface area contributed by atoms with Crippen molar-refractivity contribution in [2.45, 2.75) is 38.4 Å². The van der Waals surface area contributed by atoms with Gasteiger partial charge in [0.15, 0.2) is 0 Å². The summed E-state index contributed by atoms with van der Waals surface area (Å²) in [5.74, 6) is -0.445. The lowest BCUT2D eigenvalue weighted by atomic mass is 10.1. The molecule has 0 unspecified atom stereocenters. The summed E-state index contributed by atoms with van der Waals surface area (Å²) in [6.45, 7) is 9.17. The number of amides is 2. The number of aliphatic hydroxyl groups excluding tert-OH is 1. The van der Waals surface area contributed by atoms with Crippen molar-refractivity contribution >= 4 is 46.5 Å². The summed E-state index contributed by atoms with van der Waals surface area (Å²) >= 11 is 5.73. The lowest BCUT2D eigenvalue weighted by molar-refractivity contribution is 0.115. The Balaban J connectivity index is 0.000000163. The molecule has 2 amide bonds. The maximum Gasteiger partial charge on any atom is 0.414 e. The van der Waals surface area contributed by atoms with Gasteiger partial charge < -0.3 is 33.9 Å². The lowest BCUT2D eigenvalue weighted by Gasteiger charge is -2.29. The van der Waals surface area contributed by atoms with Gasteiger partial charge in [-0.25, -0.2) is 18.4 Å². The number of hydrogen-bond donors (Lipinski definition) is 2. The quantitative estimate of drug-likeness (QED) is 0.0851. The molecular formula is C57H65ClF2N6O7. The fraction of sp³-hybridized carbons (Fsp3) is 0.333. The molecule has 0 saturated carbocycles. The minimum atomic E-state index is -0.614. The number of rotatable bonds is 17. The van der Waals surface area contributed by atoms with Crippen LogP contribution in [0.3, 0.4) is 0 Å². The maximum atomic E-state index is 14.7. The van der Waals surface area contributed by atoms with Gasteiger partial charge in [0.1, 0.15) is 24.3 Å². The molecular weight excluding hydrogens is 954 g/mol. The summed E-state index contributed by atoms with van der Waals surface area (Å²) in [7, 11) is 2.00. The van der Waals surface area contributed by atoms with Crippen LogP contribution in [0.5, 0.6) is 0 Å². The van der Waals surface area contributed by atoms with Gasteiger partial charge in [-0.15, -0.1) is 11.6 Å². The molecule has 3 heterocycles. The van der Waals surface area contributed by atoms with Crippen LogP contribution >= 0.6 is 11.6 Å². The van der Waals surface area contributed by atoms with Gasteiger partial charge in [0.05, 0.1) is 56.1 Å². The normalized spacial score (nSPS) is 16.0. The first-order chi connectivity index (χ1) is 35.6. The van der Waals surface area contributed by atoms with Crippen LogP contribution < -0.4 is 20.0 Å². The van der Waals surface area contributed by atoms with Crippen LogP contribution in [0, 0.1) is 11.6 Å². The summed E-state index contributed by atoms with van der Waals surface area (Å²) in [5.41, 5.74) is 6.53. The van der Waals surface area contributed by atoms with E-state index in [0.717, 1.165) is 25.2 Å². The van der Waals surface area contributed by atoms with E-state index in [4.69, 9.17) is 30.5 Å². The largest absolute Gasteiger partial charge is 0.444 e. The Bertz CT molecular complexity index is 2540. The van der Waals surface area contributed by atoms with E-state index in [1.165, 1.54) is 33.7 Å². The molecule has 16 heteroatoms. The third kappa shape index (κ3) is 17.6. The van der Waals surface area contributed by atoms with Crippen molar-refractivity contribution in [1.82, 2.24) is 9.80 Å². The first-order valence-corrected chi connectivity index (χ1v) is 25.1. The molecule has 0 aromatic heterocycles. The van der Waals surface area contributed by atoms with Crippen LogP contribution in [0.4, 0.5) is 41.1 Å². The molecule has 13 nitrogen and oxygen atoms in total. The number of cyclic esters (lactones) is 1. The highest BCUT2D eigenvalue weighted by atomic mass is 35.5. The Kier molecular flexibility index (Phi) is 21.2. The topological polar surface area (TPSA) is 120 Å². The second kappa shape index (κ2) is 28.6. The third-order valence-corrected chi connectivity index (χ3v) is 12.5. The van der Waals surface area contributed by atoms with E-state index < -0.39 is 18.3 Å². The highest BCUT2D eigenvalue weighted by Gasteiger charge is 2.33. The first-order valence-electron chi connectivity index (χ1n) is 24.6. The van der Waals surface area contributed by atoms with Crippen molar-refractivity contribution in [3.63, 3.8) is 0 Å². The Morgan fingerprint density at radius 1 is 0.699 bits per heavy atom. The maximum absolute atomic E-state index is 14.7. The first kappa shape index (κ1) is 54.2. The van der Waals surface area contributed by atoms with E-state index in [-0.39, 0.29) is 30.2 Å². The SMILES string of the molecule is CN(Cc1ccccc1)C[C@H]1CN(c2ccc(N3CCOCC3)c(F)c2)C(=O)O1.O=C(Nc1ccc(N2CCOCC2)c(F)c1)OCc1ccccc1.O[C@H](CCl)CN(Cc1ccccc1)Cc1ccccc1. The minimum absolute atomic E-state index is 0.168. The van der Waals surface area contributed by atoms with Crippen LogP contribution in [0.1, 0.15) is 22.3 Å². The van der Waals surface area contributed by atoms with Crippen molar-refractivity contribution in [3.8, 4) is 0 Å². The van der Waals surface area contributed by atoms with Crippen LogP contribution in [0.15, 0.2) is 158 Å². The van der Waals surface area contributed by atoms with Crippen LogP contribution in [-0.4, -0.2) is 124 Å². The summed E-state index contributed by atoms with van der Waals surface area (Å²) in [6.07, 6.45) is -1.79. The molecule has 2 atom stereocenters. The lowest BCUT2D eigenvalue weighted by Crippen LogP contribution is -2.36. The average Bonchev–Trinajstić information content (AvgIpc) is 3.78. The van der Waals surface area contributed by atoms with Crippen LogP contribution in [0.25, 0.3) is 0 Å². The zero-order valence-corrected chi connectivity index (χ0v) is 42.0. The standard InChI is InChI=1S/C22H26FN3O3.C18H19FN2O3.C17H20ClNO/c1-24(14-17-5-3-2-4-6-17)15-19-16-26(22(27)29-19)18-7-8-21(20(23)13-18)25-9-11-28-12-10-25;19-16-12-15(6-7-17(16)21-8-10-23-11-9-21)20-18(22)24-13-14-4-2-1-3-5-14;18-11-17(20)14-19(12-15-7-3-1-4-8-15)13-16-9-5-2-6-10-16/h2-8,13,19H,9-12,14-16H2,1H3;1-7,12H,8-11,13H2,(H,20,22);1-10,17,20H,11-14H2/t19-;;17-/m0.1/s1. The number of anilines is 4. The zero-order valence-electron chi connectivity index (χ0n) is 41.2. The molecule has 0 aliphatic carbocycles. The highest BCUT2D eigenvalue weighted by Crippen LogP contribution is 2.29. The number of ether oxygens (including phenoxy) is 4. The van der Waals surface area contributed by atoms with Crippen LogP contribution in [0.2, 0.25) is 0 Å². The Morgan fingerprint density at radius 3 is 1.67 bits per heavy atom. The Morgan fingerprint density at radius 2 is 1.18 bits per heavy atom. The molecule has 0 spiro atoms. The number of benzene rings is 6. The number of nitrogens with one attached hydrogen (secondary N) is 1. The number of carbonyl (C=O) groups is 2. The van der Waals surface area contributed by atoms with E-state index in [2.05, 4.69) is 51.5 Å². The van der Waals surface area contributed by atoms with Crippen molar-refractivity contribution in [2.75, 3.05) is 105 Å². The minimum Gasteiger partial charge on any atom is -0.444 e. The number of hydrogen-bond acceptors (Lipinski definition) is 11. The van der Waals surface area contributed by atoms with Gasteiger partial charge in [-0.2, -0.15) is 0 Å². The molecule has 386 valence electrons. The predicted molar refractivity (Wildman–Crippen MR) is 283 cm³/mol. The van der Waals surface area contributed by atoms with Crippen molar-refractivity contribution in [2.24, 2.45) is 0 Å². The van der Waals surface area contributed by atoms with E-state index in [1.807, 2.05) is 102 Å². The molecule has 3 aliphatic heterocycles. The number of morpholine rings is 2. The predicted octanol–water partition coefficient (Wildman–Crippen LogP) is 9.82. The second-order valence-corrected chi connectivity index (χ2v) is 18.2. The van der Waals surface area contributed by atoms with Gasteiger partial charge in [0.2, 0.25) is 0 Å². The number of nitrogens with zero attached hydrogens (tertiary/aromatic N) is 5. The van der Waals surface area contributed by atoms with Gasteiger partial charge >= 0.3 is 12.2 Å². The number of likely N-dealkylation sites (N-methyl/N-ethyl adjacent to an activating group) is 1. The summed E-state index contributed by atoms with van der Waals surface area (Å²) in [6, 6.07) is 49.7. The molecule has 9 rings (SSSR count). The number of halogens is 3. The van der Waals surface area contributed by atoms with Gasteiger partial charge in [-0.1, -0.05) is 121 Å². The molecule has 3 saturated heterocycles. The molecule has 6 aromatic carbocycles. The van der Waals surface area contributed by atoms with Gasteiger partial charge in [-0.05, 0) is 65.7 Å². The van der Waals surface area contributed by atoms with E-state index >= 15 is 0 Å². The summed E-state index contributed by atoms with van der Waals surface area (Å²) < 4.78 is 50.2. The molecule has 2 N–H and O–H groups in total. The second-order valence-electron chi connectivity index (χ2n) is 17.9. The zero-order chi connectivity index (χ0) is 51.2. The summed E-state index contributed by atoms with van der Waals surface area (Å²) in [4.78, 5) is 33.9. The van der Waals surface area contributed by atoms with Gasteiger partial charge in [0.25, 0.3) is 0 Å². The van der Waals surface area contributed by atoms with Crippen molar-refractivity contribution < 1.29 is 42.4 Å². The van der Waals surface area contributed by atoms with E-state index in [0.29, 0.717) is 95.0 Å². The van der Waals surface area contributed by atoms with Crippen LogP contribution in [-0.2, 0) is 45.2 Å². The van der Waals surface area contributed by atoms with Gasteiger partial charge in [-0.3, -0.25) is 20.0 Å². The van der Waals surface area contributed by atoms with E-state index in [1.54, 1.807) is 24.3 Å².